The third-order valence-corrected chi connectivity index (χ3v) is 3.51. The van der Waals surface area contributed by atoms with Crippen LogP contribution in [-0.2, 0) is 17.7 Å². The zero-order valence-electron chi connectivity index (χ0n) is 9.29. The van der Waals surface area contributed by atoms with Gasteiger partial charge in [0.15, 0.2) is 0 Å². The van der Waals surface area contributed by atoms with E-state index in [1.54, 1.807) is 0 Å². The minimum atomic E-state index is 0.161. The first-order chi connectivity index (χ1) is 7.86. The van der Waals surface area contributed by atoms with Crippen LogP contribution >= 0.6 is 0 Å². The summed E-state index contributed by atoms with van der Waals surface area (Å²) in [5.74, 6) is 0. The van der Waals surface area contributed by atoms with Gasteiger partial charge >= 0.3 is 0 Å². The second-order valence-electron chi connectivity index (χ2n) is 4.51. The first-order valence-electron chi connectivity index (χ1n) is 5.97. The maximum Gasteiger partial charge on any atom is 0.271 e. The number of nitrogens with one attached hydrogen (secondary N) is 2. The highest BCUT2D eigenvalue weighted by molar-refractivity contribution is 5.20. The molecule has 0 aromatic carbocycles. The molecule has 1 saturated heterocycles. The second-order valence-corrected chi connectivity index (χ2v) is 4.51. The van der Waals surface area contributed by atoms with Crippen molar-refractivity contribution in [3.63, 3.8) is 0 Å². The number of hydrogen-bond donors (Lipinski definition) is 2. The highest BCUT2D eigenvalue weighted by Gasteiger charge is 2.23. The van der Waals surface area contributed by atoms with E-state index in [9.17, 15) is 4.79 Å². The van der Waals surface area contributed by atoms with Crippen molar-refractivity contribution in [1.29, 1.82) is 0 Å². The van der Waals surface area contributed by atoms with Gasteiger partial charge in [-0.2, -0.15) is 0 Å². The Morgan fingerprint density at radius 2 is 2.12 bits per heavy atom. The van der Waals surface area contributed by atoms with E-state index in [2.05, 4.69) is 10.4 Å². The fourth-order valence-electron chi connectivity index (χ4n) is 2.55. The molecule has 1 aromatic heterocycles. The number of ether oxygens (including phenoxy) is 1. The predicted octanol–water partition coefficient (Wildman–Crippen LogP) is 0.174. The fraction of sp³-hybridized carbons (Fsp3) is 0.727. The molecule has 3 rings (SSSR count). The van der Waals surface area contributed by atoms with Crippen LogP contribution in [0.25, 0.3) is 0 Å². The predicted molar refractivity (Wildman–Crippen MR) is 59.6 cm³/mol. The van der Waals surface area contributed by atoms with Crippen LogP contribution in [0, 0.1) is 0 Å². The molecule has 2 aliphatic heterocycles. The summed E-state index contributed by atoms with van der Waals surface area (Å²) in [6, 6.07) is 0.298. The SMILES string of the molecule is O=c1c2c([nH]n1C1CCOCC1)CCNC2. The molecule has 0 aliphatic carbocycles. The van der Waals surface area contributed by atoms with Gasteiger partial charge in [0.25, 0.3) is 5.56 Å². The van der Waals surface area contributed by atoms with Crippen molar-refractivity contribution in [2.75, 3.05) is 19.8 Å². The molecular weight excluding hydrogens is 206 g/mol. The van der Waals surface area contributed by atoms with E-state index < -0.39 is 0 Å². The summed E-state index contributed by atoms with van der Waals surface area (Å²) in [5, 5.41) is 6.52. The van der Waals surface area contributed by atoms with Gasteiger partial charge in [0.05, 0.1) is 11.6 Å². The lowest BCUT2D eigenvalue weighted by Crippen LogP contribution is -2.30. The molecule has 1 aromatic rings. The number of fused-ring (bicyclic) bond motifs is 1. The first-order valence-corrected chi connectivity index (χ1v) is 5.97. The van der Waals surface area contributed by atoms with Gasteiger partial charge in [-0.3, -0.25) is 9.89 Å². The minimum absolute atomic E-state index is 0.161. The van der Waals surface area contributed by atoms with E-state index in [1.165, 1.54) is 0 Å². The Bertz CT molecular complexity index is 429. The maximum absolute atomic E-state index is 12.2. The molecule has 0 spiro atoms. The molecular formula is C11H17N3O2. The van der Waals surface area contributed by atoms with Crippen molar-refractivity contribution in [2.45, 2.75) is 31.8 Å². The van der Waals surface area contributed by atoms with Gasteiger partial charge in [-0.25, -0.2) is 4.68 Å². The lowest BCUT2D eigenvalue weighted by Gasteiger charge is -2.22. The van der Waals surface area contributed by atoms with Crippen LogP contribution in [0.1, 0.15) is 30.1 Å². The molecule has 88 valence electrons. The highest BCUT2D eigenvalue weighted by Crippen LogP contribution is 2.19. The minimum Gasteiger partial charge on any atom is -0.381 e. The molecule has 0 saturated carbocycles. The standard InChI is InChI=1S/C11H17N3O2/c15-11-9-7-12-4-1-10(9)13-14(11)8-2-5-16-6-3-8/h8,12-13H,1-7H2. The van der Waals surface area contributed by atoms with Crippen molar-refractivity contribution in [3.8, 4) is 0 Å². The molecule has 16 heavy (non-hydrogen) atoms. The summed E-state index contributed by atoms with van der Waals surface area (Å²) in [7, 11) is 0. The van der Waals surface area contributed by atoms with Crippen LogP contribution in [0.2, 0.25) is 0 Å². The van der Waals surface area contributed by atoms with Gasteiger partial charge in [0.2, 0.25) is 0 Å². The Morgan fingerprint density at radius 3 is 2.88 bits per heavy atom. The van der Waals surface area contributed by atoms with Crippen LogP contribution in [0.3, 0.4) is 0 Å². The average Bonchev–Trinajstić information content (AvgIpc) is 2.69. The summed E-state index contributed by atoms with van der Waals surface area (Å²) >= 11 is 0. The van der Waals surface area contributed by atoms with E-state index in [1.807, 2.05) is 4.68 Å². The lowest BCUT2D eigenvalue weighted by molar-refractivity contribution is 0.0652. The average molecular weight is 223 g/mol. The van der Waals surface area contributed by atoms with Gasteiger partial charge in [0.1, 0.15) is 0 Å². The van der Waals surface area contributed by atoms with Crippen LogP contribution < -0.4 is 10.9 Å². The fourth-order valence-corrected chi connectivity index (χ4v) is 2.55. The molecule has 5 nitrogen and oxygen atoms in total. The van der Waals surface area contributed by atoms with E-state index in [-0.39, 0.29) is 5.56 Å². The van der Waals surface area contributed by atoms with Crippen molar-refractivity contribution >= 4 is 0 Å². The molecule has 0 amide bonds. The summed E-state index contributed by atoms with van der Waals surface area (Å²) in [4.78, 5) is 12.2. The Balaban J connectivity index is 1.94. The third kappa shape index (κ3) is 1.60. The molecule has 2 aliphatic rings. The largest absolute Gasteiger partial charge is 0.381 e. The zero-order valence-corrected chi connectivity index (χ0v) is 9.29. The molecule has 3 heterocycles. The van der Waals surface area contributed by atoms with Crippen LogP contribution in [0.15, 0.2) is 4.79 Å². The highest BCUT2D eigenvalue weighted by atomic mass is 16.5. The summed E-state index contributed by atoms with van der Waals surface area (Å²) in [6.45, 7) is 3.19. The molecule has 0 radical (unpaired) electrons. The topological polar surface area (TPSA) is 59.0 Å². The van der Waals surface area contributed by atoms with E-state index in [4.69, 9.17) is 4.74 Å². The molecule has 1 fully saturated rings. The van der Waals surface area contributed by atoms with Crippen molar-refractivity contribution in [3.05, 3.63) is 21.6 Å². The first kappa shape index (κ1) is 10.1. The monoisotopic (exact) mass is 223 g/mol. The van der Waals surface area contributed by atoms with E-state index in [0.29, 0.717) is 12.6 Å². The number of H-pyrrole nitrogens is 1. The number of hydrogen-bond acceptors (Lipinski definition) is 3. The van der Waals surface area contributed by atoms with Gasteiger partial charge in [-0.1, -0.05) is 0 Å². The number of nitrogens with zero attached hydrogens (tertiary/aromatic N) is 1. The van der Waals surface area contributed by atoms with Crippen molar-refractivity contribution in [1.82, 2.24) is 15.1 Å². The summed E-state index contributed by atoms with van der Waals surface area (Å²) < 4.78 is 7.14. The van der Waals surface area contributed by atoms with Crippen LogP contribution in [0.4, 0.5) is 0 Å². The molecule has 0 atom stereocenters. The van der Waals surface area contributed by atoms with Crippen molar-refractivity contribution < 1.29 is 4.74 Å². The number of aromatic amines is 1. The van der Waals surface area contributed by atoms with Gasteiger partial charge in [-0.05, 0) is 12.8 Å². The maximum atomic E-state index is 12.2. The quantitative estimate of drug-likeness (QED) is 0.713. The molecule has 5 heteroatoms. The van der Waals surface area contributed by atoms with Crippen molar-refractivity contribution in [2.24, 2.45) is 0 Å². The second kappa shape index (κ2) is 4.07. The number of rotatable bonds is 1. The molecule has 0 bridgehead atoms. The van der Waals surface area contributed by atoms with E-state index in [0.717, 1.165) is 50.3 Å². The van der Waals surface area contributed by atoms with Gasteiger partial charge in [0, 0.05) is 38.4 Å². The Hall–Kier alpha value is -1.07. The molecule has 2 N–H and O–H groups in total. The van der Waals surface area contributed by atoms with Crippen LogP contribution in [-0.4, -0.2) is 29.5 Å². The summed E-state index contributed by atoms with van der Waals surface area (Å²) in [6.07, 6.45) is 2.81. The smallest absolute Gasteiger partial charge is 0.271 e. The third-order valence-electron chi connectivity index (χ3n) is 3.51. The lowest BCUT2D eigenvalue weighted by atomic mass is 10.1. The Kier molecular flexibility index (Phi) is 2.57. The van der Waals surface area contributed by atoms with Crippen LogP contribution in [0.5, 0.6) is 0 Å². The molecule has 0 unspecified atom stereocenters. The Morgan fingerprint density at radius 1 is 1.31 bits per heavy atom. The zero-order chi connectivity index (χ0) is 11.0. The normalized spacial score (nSPS) is 22.0. The van der Waals surface area contributed by atoms with Gasteiger partial charge in [-0.15, -0.1) is 0 Å². The Labute approximate surface area is 93.8 Å². The van der Waals surface area contributed by atoms with Gasteiger partial charge < -0.3 is 10.1 Å². The van der Waals surface area contributed by atoms with E-state index >= 15 is 0 Å². The number of aromatic nitrogens is 2. The summed E-state index contributed by atoms with van der Waals surface area (Å²) in [5.41, 5.74) is 2.21.